The van der Waals surface area contributed by atoms with Gasteiger partial charge in [-0.3, -0.25) is 14.5 Å². The first-order chi connectivity index (χ1) is 11.5. The van der Waals surface area contributed by atoms with Crippen LogP contribution in [-0.2, 0) is 23.9 Å². The Bertz CT molecular complexity index is 512. The third-order valence-electron chi connectivity index (χ3n) is 3.95. The van der Waals surface area contributed by atoms with Gasteiger partial charge in [-0.15, -0.1) is 0 Å². The smallest absolute Gasteiger partial charge is 0.366 e. The third-order valence-corrected chi connectivity index (χ3v) is 3.95. The fourth-order valence-electron chi connectivity index (χ4n) is 2.82. The molecule has 2 amide bonds. The molecule has 0 aromatic carbocycles. The summed E-state index contributed by atoms with van der Waals surface area (Å²) in [7, 11) is 0.952. The van der Waals surface area contributed by atoms with Gasteiger partial charge >= 0.3 is 5.97 Å². The number of amides is 2. The second-order valence-electron chi connectivity index (χ2n) is 5.77. The van der Waals surface area contributed by atoms with E-state index in [1.165, 1.54) is 0 Å². The maximum Gasteiger partial charge on any atom is 0.366 e. The molecule has 1 aliphatic rings. The van der Waals surface area contributed by atoms with E-state index in [1.807, 2.05) is 0 Å². The molecule has 1 rings (SSSR count). The van der Waals surface area contributed by atoms with Crippen LogP contribution in [0.5, 0.6) is 0 Å². The first kappa shape index (κ1) is 21.4. The molecule has 11 heteroatoms. The molecule has 6 atom stereocenters. The molecule has 144 valence electrons. The van der Waals surface area contributed by atoms with Crippen LogP contribution in [0.4, 0.5) is 0 Å². The summed E-state index contributed by atoms with van der Waals surface area (Å²) < 4.78 is 9.51. The second-order valence-corrected chi connectivity index (χ2v) is 5.77. The number of hydrogen-bond acceptors (Lipinski definition) is 10. The molecule has 1 saturated heterocycles. The molecule has 1 aliphatic heterocycles. The van der Waals surface area contributed by atoms with Crippen molar-refractivity contribution in [3.8, 4) is 0 Å². The van der Waals surface area contributed by atoms with E-state index >= 15 is 0 Å². The Morgan fingerprint density at radius 2 is 1.80 bits per heavy atom. The highest BCUT2D eigenvalue weighted by Crippen LogP contribution is 2.33. The highest BCUT2D eigenvalue weighted by atomic mass is 16.7. The Labute approximate surface area is 143 Å². The van der Waals surface area contributed by atoms with Crippen LogP contribution in [0.2, 0.25) is 0 Å². The number of ether oxygens (including phenoxy) is 2. The summed E-state index contributed by atoms with van der Waals surface area (Å²) >= 11 is 0. The Morgan fingerprint density at radius 1 is 1.28 bits per heavy atom. The monoisotopic (exact) mass is 365 g/mol. The van der Waals surface area contributed by atoms with E-state index in [1.54, 1.807) is 0 Å². The van der Waals surface area contributed by atoms with Crippen molar-refractivity contribution in [3.05, 3.63) is 0 Å². The zero-order valence-electron chi connectivity index (χ0n) is 14.0. The summed E-state index contributed by atoms with van der Waals surface area (Å²) in [5.41, 5.74) is 0. The first-order valence-corrected chi connectivity index (χ1v) is 7.44. The molecule has 1 unspecified atom stereocenters. The largest absolute Gasteiger partial charge is 0.465 e. The first-order valence-electron chi connectivity index (χ1n) is 7.44. The van der Waals surface area contributed by atoms with Crippen molar-refractivity contribution >= 4 is 17.8 Å². The number of carbonyl (C=O) groups excluding carboxylic acids is 3. The standard InChI is InChI=1S/C14H23NO10/c1-6(17)15(7(2)18)10-8(19)4-14(23,13(22)24-3)25-12(10)11(21)9(20)5-16/h8-12,16,19-21,23H,4-5H2,1-3H3/t8-,9+,10+,11+,12+,14?/m0/s1. The molecule has 0 bridgehead atoms. The molecule has 0 aliphatic carbocycles. The van der Waals surface area contributed by atoms with Crippen LogP contribution in [0.25, 0.3) is 0 Å². The average Bonchev–Trinajstić information content (AvgIpc) is 2.53. The van der Waals surface area contributed by atoms with Gasteiger partial charge in [-0.05, 0) is 0 Å². The van der Waals surface area contributed by atoms with E-state index < -0.39 is 67.1 Å². The lowest BCUT2D eigenvalue weighted by Crippen LogP contribution is -2.68. The molecule has 5 N–H and O–H groups in total. The van der Waals surface area contributed by atoms with Crippen LogP contribution in [0.1, 0.15) is 20.3 Å². The van der Waals surface area contributed by atoms with Gasteiger partial charge in [0.05, 0.1) is 25.9 Å². The third kappa shape index (κ3) is 4.32. The number of methoxy groups -OCH3 is 1. The molecule has 0 aromatic rings. The minimum atomic E-state index is -2.68. The maximum absolute atomic E-state index is 11.8. The minimum Gasteiger partial charge on any atom is -0.465 e. The number of rotatable bonds is 5. The highest BCUT2D eigenvalue weighted by molar-refractivity contribution is 5.93. The van der Waals surface area contributed by atoms with Gasteiger partial charge < -0.3 is 35.0 Å². The number of imide groups is 1. The predicted octanol–water partition coefficient (Wildman–Crippen LogP) is -3.52. The van der Waals surface area contributed by atoms with Crippen molar-refractivity contribution < 1.29 is 49.4 Å². The van der Waals surface area contributed by atoms with E-state index in [2.05, 4.69) is 4.74 Å². The number of hydrogen-bond donors (Lipinski definition) is 5. The number of esters is 1. The number of aliphatic hydroxyl groups excluding tert-OH is 4. The summed E-state index contributed by atoms with van der Waals surface area (Å²) in [6, 6.07) is -1.52. The average molecular weight is 365 g/mol. The van der Waals surface area contributed by atoms with Crippen molar-refractivity contribution in [1.29, 1.82) is 0 Å². The highest BCUT2D eigenvalue weighted by Gasteiger charge is 2.56. The van der Waals surface area contributed by atoms with Crippen LogP contribution < -0.4 is 0 Å². The second kappa shape index (κ2) is 8.17. The van der Waals surface area contributed by atoms with Crippen LogP contribution in [0.15, 0.2) is 0 Å². The van der Waals surface area contributed by atoms with Crippen LogP contribution >= 0.6 is 0 Å². The summed E-state index contributed by atoms with van der Waals surface area (Å²) in [5, 5.41) is 49.4. The number of carbonyl (C=O) groups is 3. The minimum absolute atomic E-state index is 0.583. The van der Waals surface area contributed by atoms with Gasteiger partial charge in [-0.1, -0.05) is 0 Å². The maximum atomic E-state index is 11.8. The van der Waals surface area contributed by atoms with Gasteiger partial charge in [0.25, 0.3) is 5.79 Å². The van der Waals surface area contributed by atoms with E-state index in [-0.39, 0.29) is 0 Å². The lowest BCUT2D eigenvalue weighted by atomic mass is 9.87. The molecule has 0 aromatic heterocycles. The Morgan fingerprint density at radius 3 is 2.20 bits per heavy atom. The van der Waals surface area contributed by atoms with Crippen LogP contribution in [-0.4, -0.2) is 98.2 Å². The molecule has 11 nitrogen and oxygen atoms in total. The summed E-state index contributed by atoms with van der Waals surface area (Å²) in [6.45, 7) is 1.14. The molecular formula is C14H23NO10. The Kier molecular flexibility index (Phi) is 6.99. The number of aliphatic hydroxyl groups is 5. The van der Waals surface area contributed by atoms with Crippen LogP contribution in [0.3, 0.4) is 0 Å². The van der Waals surface area contributed by atoms with Gasteiger partial charge in [-0.25, -0.2) is 4.79 Å². The molecule has 0 radical (unpaired) electrons. The van der Waals surface area contributed by atoms with Crippen molar-refractivity contribution in [2.24, 2.45) is 0 Å². The molecule has 0 spiro atoms. The zero-order chi connectivity index (χ0) is 19.5. The van der Waals surface area contributed by atoms with Crippen molar-refractivity contribution in [2.45, 2.75) is 56.5 Å². The lowest BCUT2D eigenvalue weighted by Gasteiger charge is -2.47. The van der Waals surface area contributed by atoms with E-state index in [0.717, 1.165) is 21.0 Å². The van der Waals surface area contributed by atoms with Crippen LogP contribution in [0, 0.1) is 0 Å². The van der Waals surface area contributed by atoms with Gasteiger partial charge in [-0.2, -0.15) is 0 Å². The predicted molar refractivity (Wildman–Crippen MR) is 78.6 cm³/mol. The van der Waals surface area contributed by atoms with E-state index in [0.29, 0.717) is 4.90 Å². The van der Waals surface area contributed by atoms with Gasteiger partial charge in [0.2, 0.25) is 11.8 Å². The van der Waals surface area contributed by atoms with Gasteiger partial charge in [0, 0.05) is 20.3 Å². The summed E-state index contributed by atoms with van der Waals surface area (Å²) in [4.78, 5) is 35.9. The van der Waals surface area contributed by atoms with Crippen molar-refractivity contribution in [2.75, 3.05) is 13.7 Å². The normalized spacial score (nSPS) is 31.8. The topological polar surface area (TPSA) is 174 Å². The Hall–Kier alpha value is -1.63. The summed E-state index contributed by atoms with van der Waals surface area (Å²) in [6.07, 6.45) is -7.94. The molecule has 1 fully saturated rings. The van der Waals surface area contributed by atoms with Crippen molar-refractivity contribution in [1.82, 2.24) is 4.90 Å². The number of nitrogens with zero attached hydrogens (tertiary/aromatic N) is 1. The molecule has 25 heavy (non-hydrogen) atoms. The molecular weight excluding hydrogens is 342 g/mol. The van der Waals surface area contributed by atoms with E-state index in [9.17, 15) is 34.8 Å². The van der Waals surface area contributed by atoms with Gasteiger partial charge in [0.15, 0.2) is 0 Å². The SMILES string of the molecule is COC(=O)C1(O)C[C@H](O)[C@@H](N(C(C)=O)C(C)=O)[C@H]([C@H](O)[C@H](O)CO)O1. The molecule has 1 heterocycles. The summed E-state index contributed by atoms with van der Waals surface area (Å²) in [5.74, 6) is -5.54. The quantitative estimate of drug-likeness (QED) is 0.307. The molecule has 0 saturated carbocycles. The fraction of sp³-hybridized carbons (Fsp3) is 0.786. The van der Waals surface area contributed by atoms with E-state index in [4.69, 9.17) is 9.84 Å². The fourth-order valence-corrected chi connectivity index (χ4v) is 2.82. The van der Waals surface area contributed by atoms with Crippen molar-refractivity contribution in [3.63, 3.8) is 0 Å². The Balaban J connectivity index is 3.36. The zero-order valence-corrected chi connectivity index (χ0v) is 14.0. The lowest BCUT2D eigenvalue weighted by molar-refractivity contribution is -0.303. The van der Waals surface area contributed by atoms with Gasteiger partial charge in [0.1, 0.15) is 18.3 Å².